The number of ether oxygens (including phenoxy) is 3. The Bertz CT molecular complexity index is 1000. The van der Waals surface area contributed by atoms with Gasteiger partial charge in [0.05, 0.1) is 31.5 Å². The van der Waals surface area contributed by atoms with Gasteiger partial charge in [-0.2, -0.15) is 5.10 Å². The zero-order chi connectivity index (χ0) is 22.9. The SMILES string of the molecule is COc1cc(/C=N/NC(=O)c2ccc([N+](=O)[O-])cc2)ccc1OCC(=O)N1CCOCC1. The molecular weight excluding hydrogens is 420 g/mol. The van der Waals surface area contributed by atoms with E-state index in [4.69, 9.17) is 14.2 Å². The minimum Gasteiger partial charge on any atom is -0.493 e. The molecular formula is C21H22N4O7. The molecule has 11 nitrogen and oxygen atoms in total. The third kappa shape index (κ3) is 6.01. The fraction of sp³-hybridized carbons (Fsp3) is 0.286. The molecule has 0 spiro atoms. The van der Waals surface area contributed by atoms with E-state index >= 15 is 0 Å². The van der Waals surface area contributed by atoms with Gasteiger partial charge < -0.3 is 19.1 Å². The predicted octanol–water partition coefficient (Wildman–Crippen LogP) is 1.60. The van der Waals surface area contributed by atoms with Gasteiger partial charge in [-0.1, -0.05) is 0 Å². The van der Waals surface area contributed by atoms with Crippen molar-refractivity contribution in [1.82, 2.24) is 10.3 Å². The smallest absolute Gasteiger partial charge is 0.271 e. The van der Waals surface area contributed by atoms with Crippen molar-refractivity contribution in [3.63, 3.8) is 0 Å². The molecule has 1 aliphatic rings. The summed E-state index contributed by atoms with van der Waals surface area (Å²) < 4.78 is 16.2. The number of nitro benzene ring substituents is 1. The predicted molar refractivity (Wildman–Crippen MR) is 114 cm³/mol. The number of nitrogens with zero attached hydrogens (tertiary/aromatic N) is 3. The largest absolute Gasteiger partial charge is 0.493 e. The lowest BCUT2D eigenvalue weighted by Gasteiger charge is -2.26. The van der Waals surface area contributed by atoms with E-state index in [0.717, 1.165) is 0 Å². The monoisotopic (exact) mass is 442 g/mol. The van der Waals surface area contributed by atoms with E-state index in [1.807, 2.05) is 0 Å². The Morgan fingerprint density at radius 2 is 1.91 bits per heavy atom. The number of benzene rings is 2. The summed E-state index contributed by atoms with van der Waals surface area (Å²) in [5.74, 6) is 0.172. The maximum atomic E-state index is 12.2. The van der Waals surface area contributed by atoms with E-state index < -0.39 is 10.8 Å². The van der Waals surface area contributed by atoms with Crippen LogP contribution < -0.4 is 14.9 Å². The van der Waals surface area contributed by atoms with E-state index in [2.05, 4.69) is 10.5 Å². The van der Waals surface area contributed by atoms with Crippen LogP contribution in [0.2, 0.25) is 0 Å². The number of carbonyl (C=O) groups is 2. The van der Waals surface area contributed by atoms with E-state index in [9.17, 15) is 19.7 Å². The van der Waals surface area contributed by atoms with Gasteiger partial charge in [0, 0.05) is 30.8 Å². The maximum Gasteiger partial charge on any atom is 0.271 e. The number of nitrogens with one attached hydrogen (secondary N) is 1. The second kappa shape index (κ2) is 10.9. The van der Waals surface area contributed by atoms with Gasteiger partial charge in [0.25, 0.3) is 17.5 Å². The Labute approximate surface area is 183 Å². The molecule has 0 unspecified atom stereocenters. The molecule has 1 heterocycles. The number of carbonyl (C=O) groups excluding carboxylic acids is 2. The minimum absolute atomic E-state index is 0.105. The number of hydrogen-bond acceptors (Lipinski definition) is 8. The summed E-state index contributed by atoms with van der Waals surface area (Å²) in [7, 11) is 1.48. The van der Waals surface area contributed by atoms with Gasteiger partial charge in [-0.25, -0.2) is 5.43 Å². The molecule has 1 N–H and O–H groups in total. The van der Waals surface area contributed by atoms with Gasteiger partial charge in [0.1, 0.15) is 0 Å². The molecule has 3 rings (SSSR count). The van der Waals surface area contributed by atoms with Crippen LogP contribution in [0.25, 0.3) is 0 Å². The van der Waals surface area contributed by atoms with Crippen molar-refractivity contribution in [2.24, 2.45) is 5.10 Å². The number of hydrazone groups is 1. The number of amides is 2. The van der Waals surface area contributed by atoms with Crippen molar-refractivity contribution in [2.75, 3.05) is 40.0 Å². The highest BCUT2D eigenvalue weighted by molar-refractivity contribution is 5.95. The normalized spacial score (nSPS) is 13.6. The standard InChI is InChI=1S/C21H22N4O7/c1-30-19-12-15(2-7-18(19)32-14-20(26)24-8-10-31-11-9-24)13-22-23-21(27)16-3-5-17(6-4-16)25(28)29/h2-7,12-13H,8-11,14H2,1H3,(H,23,27)/b22-13+. The second-order valence-corrected chi connectivity index (χ2v) is 6.70. The molecule has 0 bridgehead atoms. The van der Waals surface area contributed by atoms with Crippen LogP contribution in [-0.2, 0) is 9.53 Å². The van der Waals surface area contributed by atoms with Crippen LogP contribution in [0.1, 0.15) is 15.9 Å². The lowest BCUT2D eigenvalue weighted by atomic mass is 10.2. The summed E-state index contributed by atoms with van der Waals surface area (Å²) in [5.41, 5.74) is 3.11. The van der Waals surface area contributed by atoms with Crippen LogP contribution in [0.3, 0.4) is 0 Å². The molecule has 0 atom stereocenters. The zero-order valence-corrected chi connectivity index (χ0v) is 17.4. The van der Waals surface area contributed by atoms with E-state index in [1.54, 1.807) is 23.1 Å². The number of methoxy groups -OCH3 is 1. The van der Waals surface area contributed by atoms with Gasteiger partial charge in [-0.15, -0.1) is 0 Å². The lowest BCUT2D eigenvalue weighted by molar-refractivity contribution is -0.384. The number of non-ortho nitro benzene ring substituents is 1. The molecule has 11 heteroatoms. The summed E-state index contributed by atoms with van der Waals surface area (Å²) in [4.78, 5) is 36.1. The lowest BCUT2D eigenvalue weighted by Crippen LogP contribution is -2.43. The summed E-state index contributed by atoms with van der Waals surface area (Å²) in [6.07, 6.45) is 1.41. The molecule has 32 heavy (non-hydrogen) atoms. The van der Waals surface area contributed by atoms with Crippen molar-refractivity contribution in [3.8, 4) is 11.5 Å². The van der Waals surface area contributed by atoms with Gasteiger partial charge in [-0.05, 0) is 35.9 Å². The van der Waals surface area contributed by atoms with Crippen LogP contribution in [0.15, 0.2) is 47.6 Å². The van der Waals surface area contributed by atoms with Crippen LogP contribution >= 0.6 is 0 Å². The third-order valence-corrected chi connectivity index (χ3v) is 4.62. The van der Waals surface area contributed by atoms with Gasteiger partial charge >= 0.3 is 0 Å². The van der Waals surface area contributed by atoms with Crippen molar-refractivity contribution in [1.29, 1.82) is 0 Å². The molecule has 2 amide bonds. The first-order chi connectivity index (χ1) is 15.5. The summed E-state index contributed by atoms with van der Waals surface area (Å²) in [6.45, 7) is 2.00. The zero-order valence-electron chi connectivity index (χ0n) is 17.4. The molecule has 2 aromatic carbocycles. The molecule has 1 aliphatic heterocycles. The first-order valence-corrected chi connectivity index (χ1v) is 9.72. The number of rotatable bonds is 8. The molecule has 0 radical (unpaired) electrons. The molecule has 0 aromatic heterocycles. The van der Waals surface area contributed by atoms with Gasteiger partial charge in [0.15, 0.2) is 18.1 Å². The average molecular weight is 442 g/mol. The van der Waals surface area contributed by atoms with Gasteiger partial charge in [0.2, 0.25) is 0 Å². The number of morpholine rings is 1. The third-order valence-electron chi connectivity index (χ3n) is 4.62. The average Bonchev–Trinajstić information content (AvgIpc) is 2.83. The van der Waals surface area contributed by atoms with Gasteiger partial charge in [-0.3, -0.25) is 19.7 Å². The van der Waals surface area contributed by atoms with Crippen molar-refractivity contribution < 1.29 is 28.7 Å². The Morgan fingerprint density at radius 3 is 2.56 bits per heavy atom. The van der Waals surface area contributed by atoms with E-state index in [0.29, 0.717) is 43.4 Å². The van der Waals surface area contributed by atoms with E-state index in [-0.39, 0.29) is 23.8 Å². The van der Waals surface area contributed by atoms with Crippen molar-refractivity contribution in [3.05, 3.63) is 63.7 Å². The summed E-state index contributed by atoms with van der Waals surface area (Å²) in [6, 6.07) is 10.2. The number of nitro groups is 1. The van der Waals surface area contributed by atoms with Crippen LogP contribution in [0.4, 0.5) is 5.69 Å². The first kappa shape index (κ1) is 22.7. The number of hydrogen-bond donors (Lipinski definition) is 1. The Balaban J connectivity index is 1.56. The highest BCUT2D eigenvalue weighted by atomic mass is 16.6. The second-order valence-electron chi connectivity index (χ2n) is 6.70. The van der Waals surface area contributed by atoms with Crippen molar-refractivity contribution in [2.45, 2.75) is 0 Å². The quantitative estimate of drug-likeness (QED) is 0.373. The summed E-state index contributed by atoms with van der Waals surface area (Å²) in [5, 5.41) is 14.6. The Morgan fingerprint density at radius 1 is 1.19 bits per heavy atom. The summed E-state index contributed by atoms with van der Waals surface area (Å²) >= 11 is 0. The molecule has 1 saturated heterocycles. The molecule has 2 aromatic rings. The first-order valence-electron chi connectivity index (χ1n) is 9.72. The molecule has 168 valence electrons. The van der Waals surface area contributed by atoms with E-state index in [1.165, 1.54) is 37.6 Å². The minimum atomic E-state index is -0.543. The fourth-order valence-electron chi connectivity index (χ4n) is 2.89. The molecule has 0 aliphatic carbocycles. The Kier molecular flexibility index (Phi) is 7.70. The molecule has 0 saturated carbocycles. The van der Waals surface area contributed by atoms with Crippen molar-refractivity contribution >= 4 is 23.7 Å². The topological polar surface area (TPSA) is 133 Å². The van der Waals surface area contributed by atoms with Crippen LogP contribution in [0.5, 0.6) is 11.5 Å². The maximum absolute atomic E-state index is 12.2. The van der Waals surface area contributed by atoms with Crippen LogP contribution in [-0.4, -0.2) is 67.9 Å². The fourth-order valence-corrected chi connectivity index (χ4v) is 2.89. The Hall–Kier alpha value is -3.99. The highest BCUT2D eigenvalue weighted by Crippen LogP contribution is 2.27. The molecule has 1 fully saturated rings. The highest BCUT2D eigenvalue weighted by Gasteiger charge is 2.18. The van der Waals surface area contributed by atoms with Crippen LogP contribution in [0, 0.1) is 10.1 Å².